The van der Waals surface area contributed by atoms with Gasteiger partial charge in [-0.05, 0) is 22.9 Å². The SMILES string of the molecule is O=C(Cn1ncc(=O)c2ccccc21)Nc1nc(-c2cccc3ccccc23)cs1. The van der Waals surface area contributed by atoms with Gasteiger partial charge in [0.1, 0.15) is 6.54 Å². The molecule has 0 radical (unpaired) electrons. The molecule has 1 N–H and O–H groups in total. The Balaban J connectivity index is 1.39. The molecular formula is C23H16N4O2S. The van der Waals surface area contributed by atoms with E-state index in [2.05, 4.69) is 33.6 Å². The smallest absolute Gasteiger partial charge is 0.247 e. The number of para-hydroxylation sites is 1. The molecule has 146 valence electrons. The molecule has 0 spiro atoms. The van der Waals surface area contributed by atoms with Crippen LogP contribution < -0.4 is 10.7 Å². The van der Waals surface area contributed by atoms with Crippen LogP contribution in [0.1, 0.15) is 0 Å². The zero-order chi connectivity index (χ0) is 20.5. The van der Waals surface area contributed by atoms with Crippen molar-refractivity contribution in [3.8, 4) is 11.3 Å². The van der Waals surface area contributed by atoms with Crippen molar-refractivity contribution < 1.29 is 4.79 Å². The van der Waals surface area contributed by atoms with E-state index in [9.17, 15) is 9.59 Å². The predicted octanol–water partition coefficient (Wildman–Crippen LogP) is 4.31. The maximum Gasteiger partial charge on any atom is 0.247 e. The summed E-state index contributed by atoms with van der Waals surface area (Å²) in [7, 11) is 0. The summed E-state index contributed by atoms with van der Waals surface area (Å²) < 4.78 is 1.52. The Labute approximate surface area is 175 Å². The van der Waals surface area contributed by atoms with Crippen LogP contribution in [0.5, 0.6) is 0 Å². The van der Waals surface area contributed by atoms with Crippen LogP contribution in [0.3, 0.4) is 0 Å². The average Bonchev–Trinajstić information content (AvgIpc) is 3.23. The molecular weight excluding hydrogens is 396 g/mol. The second kappa shape index (κ2) is 7.53. The average molecular weight is 412 g/mol. The van der Waals surface area contributed by atoms with Gasteiger partial charge in [0.25, 0.3) is 0 Å². The fraction of sp³-hybridized carbons (Fsp3) is 0.0435. The largest absolute Gasteiger partial charge is 0.300 e. The molecule has 0 aliphatic carbocycles. The van der Waals surface area contributed by atoms with Crippen molar-refractivity contribution in [2.24, 2.45) is 0 Å². The van der Waals surface area contributed by atoms with Gasteiger partial charge in [-0.2, -0.15) is 5.10 Å². The van der Waals surface area contributed by atoms with E-state index in [4.69, 9.17) is 0 Å². The van der Waals surface area contributed by atoms with Gasteiger partial charge < -0.3 is 5.32 Å². The van der Waals surface area contributed by atoms with E-state index >= 15 is 0 Å². The number of amides is 1. The molecule has 5 aromatic rings. The first kappa shape index (κ1) is 18.2. The normalized spacial score (nSPS) is 11.1. The van der Waals surface area contributed by atoms with E-state index < -0.39 is 0 Å². The molecule has 3 aromatic carbocycles. The predicted molar refractivity (Wildman–Crippen MR) is 120 cm³/mol. The van der Waals surface area contributed by atoms with Gasteiger partial charge in [-0.3, -0.25) is 14.3 Å². The van der Waals surface area contributed by atoms with Gasteiger partial charge in [-0.25, -0.2) is 4.98 Å². The topological polar surface area (TPSA) is 76.9 Å². The molecule has 5 rings (SSSR count). The molecule has 1 amide bonds. The molecule has 2 aromatic heterocycles. The van der Waals surface area contributed by atoms with Crippen molar-refractivity contribution in [1.29, 1.82) is 0 Å². The number of fused-ring (bicyclic) bond motifs is 2. The van der Waals surface area contributed by atoms with Gasteiger partial charge in [0.15, 0.2) is 5.13 Å². The minimum atomic E-state index is -0.255. The number of rotatable bonds is 4. The Morgan fingerprint density at radius 2 is 1.73 bits per heavy atom. The molecule has 0 aliphatic rings. The van der Waals surface area contributed by atoms with Gasteiger partial charge >= 0.3 is 0 Å². The van der Waals surface area contributed by atoms with Crippen LogP contribution in [0.4, 0.5) is 5.13 Å². The quantitative estimate of drug-likeness (QED) is 0.477. The van der Waals surface area contributed by atoms with E-state index in [1.54, 1.807) is 18.2 Å². The summed E-state index contributed by atoms with van der Waals surface area (Å²) >= 11 is 1.38. The number of hydrogen-bond acceptors (Lipinski definition) is 5. The van der Waals surface area contributed by atoms with Gasteiger partial charge in [-0.1, -0.05) is 54.6 Å². The molecule has 6 nitrogen and oxygen atoms in total. The first-order valence-electron chi connectivity index (χ1n) is 9.37. The van der Waals surface area contributed by atoms with E-state index in [-0.39, 0.29) is 17.9 Å². The summed E-state index contributed by atoms with van der Waals surface area (Å²) in [4.78, 5) is 29.1. The third-order valence-corrected chi connectivity index (χ3v) is 5.63. The highest BCUT2D eigenvalue weighted by Gasteiger charge is 2.12. The number of aromatic nitrogens is 3. The Hall–Kier alpha value is -3.84. The Kier molecular flexibility index (Phi) is 4.57. The lowest BCUT2D eigenvalue weighted by atomic mass is 10.0. The van der Waals surface area contributed by atoms with Crippen molar-refractivity contribution in [2.75, 3.05) is 5.32 Å². The van der Waals surface area contributed by atoms with Crippen LogP contribution in [-0.4, -0.2) is 20.7 Å². The first-order valence-corrected chi connectivity index (χ1v) is 10.3. The van der Waals surface area contributed by atoms with Crippen molar-refractivity contribution in [3.63, 3.8) is 0 Å². The number of hydrogen-bond donors (Lipinski definition) is 1. The molecule has 7 heteroatoms. The standard InChI is InChI=1S/C23H16N4O2S/c28-21-12-24-27(20-11-4-3-9-18(20)21)13-22(29)26-23-25-19(14-30-23)17-10-5-7-15-6-1-2-8-16(15)17/h1-12,14H,13H2,(H,25,26,29). The van der Waals surface area contributed by atoms with Crippen molar-refractivity contribution in [2.45, 2.75) is 6.54 Å². The lowest BCUT2D eigenvalue weighted by molar-refractivity contribution is -0.116. The summed E-state index contributed by atoms with van der Waals surface area (Å²) in [5.74, 6) is -0.255. The van der Waals surface area contributed by atoms with Crippen molar-refractivity contribution in [1.82, 2.24) is 14.8 Å². The maximum absolute atomic E-state index is 12.6. The molecule has 0 aliphatic heterocycles. The molecule has 0 saturated carbocycles. The number of anilines is 1. The lowest BCUT2D eigenvalue weighted by Gasteiger charge is -2.08. The molecule has 2 heterocycles. The fourth-order valence-electron chi connectivity index (χ4n) is 3.49. The monoisotopic (exact) mass is 412 g/mol. The minimum Gasteiger partial charge on any atom is -0.300 e. The number of carbonyl (C=O) groups excluding carboxylic acids is 1. The maximum atomic E-state index is 12.6. The Morgan fingerprint density at radius 3 is 2.63 bits per heavy atom. The number of nitrogens with zero attached hydrogens (tertiary/aromatic N) is 3. The zero-order valence-electron chi connectivity index (χ0n) is 15.8. The molecule has 0 fully saturated rings. The van der Waals surface area contributed by atoms with Crippen LogP contribution >= 0.6 is 11.3 Å². The number of nitrogens with one attached hydrogen (secondary N) is 1. The van der Waals surface area contributed by atoms with Gasteiger partial charge in [0, 0.05) is 16.3 Å². The van der Waals surface area contributed by atoms with Gasteiger partial charge in [0.05, 0.1) is 17.4 Å². The lowest BCUT2D eigenvalue weighted by Crippen LogP contribution is -2.22. The van der Waals surface area contributed by atoms with Crippen LogP contribution in [0, 0.1) is 0 Å². The van der Waals surface area contributed by atoms with Crippen molar-refractivity contribution in [3.05, 3.63) is 88.5 Å². The number of thiazole rings is 1. The summed E-state index contributed by atoms with van der Waals surface area (Å²) in [5, 5.41) is 12.2. The Morgan fingerprint density at radius 1 is 0.967 bits per heavy atom. The van der Waals surface area contributed by atoms with E-state index in [1.807, 2.05) is 35.7 Å². The van der Waals surface area contributed by atoms with E-state index in [0.29, 0.717) is 16.0 Å². The molecule has 0 saturated heterocycles. The highest BCUT2D eigenvalue weighted by molar-refractivity contribution is 7.14. The van der Waals surface area contributed by atoms with Gasteiger partial charge in [0.2, 0.25) is 11.3 Å². The van der Waals surface area contributed by atoms with Gasteiger partial charge in [-0.15, -0.1) is 11.3 Å². The van der Waals surface area contributed by atoms with E-state index in [0.717, 1.165) is 22.0 Å². The Bertz CT molecular complexity index is 1450. The summed E-state index contributed by atoms with van der Waals surface area (Å²) in [6.07, 6.45) is 1.23. The molecule has 0 unspecified atom stereocenters. The fourth-order valence-corrected chi connectivity index (χ4v) is 4.21. The first-order chi connectivity index (χ1) is 14.7. The second-order valence-electron chi connectivity index (χ2n) is 6.80. The highest BCUT2D eigenvalue weighted by Crippen LogP contribution is 2.30. The highest BCUT2D eigenvalue weighted by atomic mass is 32.1. The number of benzene rings is 3. The molecule has 0 bridgehead atoms. The zero-order valence-corrected chi connectivity index (χ0v) is 16.6. The third-order valence-electron chi connectivity index (χ3n) is 4.87. The minimum absolute atomic E-state index is 0.00995. The summed E-state index contributed by atoms with van der Waals surface area (Å²) in [6.45, 7) is -0.00995. The van der Waals surface area contributed by atoms with Crippen LogP contribution in [0.15, 0.2) is 83.1 Å². The van der Waals surface area contributed by atoms with E-state index in [1.165, 1.54) is 22.2 Å². The summed E-state index contributed by atoms with van der Waals surface area (Å²) in [6, 6.07) is 21.3. The summed E-state index contributed by atoms with van der Waals surface area (Å²) in [5.41, 5.74) is 2.30. The van der Waals surface area contributed by atoms with Crippen LogP contribution in [0.2, 0.25) is 0 Å². The molecule has 30 heavy (non-hydrogen) atoms. The molecule has 0 atom stereocenters. The van der Waals surface area contributed by atoms with Crippen molar-refractivity contribution >= 4 is 44.1 Å². The van der Waals surface area contributed by atoms with Crippen LogP contribution in [-0.2, 0) is 11.3 Å². The third kappa shape index (κ3) is 3.35. The van der Waals surface area contributed by atoms with Crippen LogP contribution in [0.25, 0.3) is 32.9 Å². The number of carbonyl (C=O) groups is 1. The second-order valence-corrected chi connectivity index (χ2v) is 7.65.